The van der Waals surface area contributed by atoms with Gasteiger partial charge in [-0.15, -0.1) is 6.58 Å². The molecule has 0 aliphatic carbocycles. The smallest absolute Gasteiger partial charge is 0.0506 e. The first-order valence-electron chi connectivity index (χ1n) is 1.85. The van der Waals surface area contributed by atoms with E-state index in [1.807, 2.05) is 0 Å². The van der Waals surface area contributed by atoms with Crippen molar-refractivity contribution in [1.29, 1.82) is 0 Å². The third kappa shape index (κ3) is 4.12. The molecule has 1 nitrogen and oxygen atoms in total. The highest BCUT2D eigenvalue weighted by Gasteiger charge is 1.81. The second-order valence-corrected chi connectivity index (χ2v) is 3.32. The maximum atomic E-state index is 4.77. The lowest BCUT2D eigenvalue weighted by Crippen LogP contribution is -1.91. The summed E-state index contributed by atoms with van der Waals surface area (Å²) in [5.74, 6) is 0.784. The van der Waals surface area contributed by atoms with Crippen LogP contribution >= 0.6 is 0 Å². The number of hydrogen-bond donors (Lipinski definition) is 0. The highest BCUT2D eigenvalue weighted by atomic mass is 32.8. The van der Waals surface area contributed by atoms with E-state index in [1.165, 1.54) is 0 Å². The first-order valence-corrected chi connectivity index (χ1v) is 4.09. The van der Waals surface area contributed by atoms with Crippen LogP contribution in [-0.4, -0.2) is 12.9 Å². The summed E-state index contributed by atoms with van der Waals surface area (Å²) in [6, 6.07) is 0. The van der Waals surface area contributed by atoms with Gasteiger partial charge in [0.15, 0.2) is 0 Å². The van der Waals surface area contributed by atoms with Crippen LogP contribution in [0.1, 0.15) is 0 Å². The second-order valence-electron chi connectivity index (χ2n) is 0.926. The van der Waals surface area contributed by atoms with Crippen LogP contribution in [0.3, 0.4) is 0 Å². The normalized spacial score (nSPS) is 13.3. The van der Waals surface area contributed by atoms with Gasteiger partial charge in [0.1, 0.15) is 0 Å². The summed E-state index contributed by atoms with van der Waals surface area (Å²) < 4.78 is 4.76. The highest BCUT2D eigenvalue weighted by Crippen LogP contribution is 1.80. The van der Waals surface area contributed by atoms with E-state index in [9.17, 15) is 0 Å². The molecule has 0 aromatic carbocycles. The first kappa shape index (κ1) is 7.27. The molecule has 0 aliphatic rings. The monoisotopic (exact) mass is 136 g/mol. The van der Waals surface area contributed by atoms with E-state index in [0.29, 0.717) is 0 Å². The predicted molar refractivity (Wildman–Crippen MR) is 36.8 cm³/mol. The molecule has 0 aliphatic heterocycles. The molecule has 0 fully saturated rings. The van der Waals surface area contributed by atoms with Gasteiger partial charge in [-0.3, -0.25) is 0 Å². The summed E-state index contributed by atoms with van der Waals surface area (Å²) in [5, 5.41) is 0. The molecule has 0 spiro atoms. The van der Waals surface area contributed by atoms with E-state index in [-0.39, 0.29) is 9.74 Å². The van der Waals surface area contributed by atoms with Crippen LogP contribution < -0.4 is 0 Å². The average Bonchev–Trinajstić information content (AvgIpc) is 1.68. The number of hydrogen-bond acceptors (Lipinski definition) is 2. The van der Waals surface area contributed by atoms with Crippen LogP contribution in [0.5, 0.6) is 0 Å². The van der Waals surface area contributed by atoms with Crippen LogP contribution in [0, 0.1) is 0 Å². The van der Waals surface area contributed by atoms with Crippen LogP contribution in [0.15, 0.2) is 12.7 Å². The van der Waals surface area contributed by atoms with Crippen molar-refractivity contribution in [1.82, 2.24) is 0 Å². The van der Waals surface area contributed by atoms with Gasteiger partial charge in [-0.05, 0) is 11.2 Å². The zero-order chi connectivity index (χ0) is 5.70. The van der Waals surface area contributed by atoms with E-state index in [1.54, 1.807) is 13.2 Å². The van der Waals surface area contributed by atoms with Gasteiger partial charge in [-0.2, -0.15) is 0 Å². The average molecular weight is 136 g/mol. The molecule has 0 saturated heterocycles. The molecule has 0 amide bonds. The van der Waals surface area contributed by atoms with Crippen molar-refractivity contribution >= 4 is 20.9 Å². The van der Waals surface area contributed by atoms with E-state index in [2.05, 4.69) is 6.58 Å². The molecular weight excluding hydrogens is 128 g/mol. The minimum atomic E-state index is -0.312. The lowest BCUT2D eigenvalue weighted by Gasteiger charge is -1.92. The van der Waals surface area contributed by atoms with E-state index >= 15 is 0 Å². The van der Waals surface area contributed by atoms with Crippen LogP contribution in [0.2, 0.25) is 0 Å². The summed E-state index contributed by atoms with van der Waals surface area (Å²) in [4.78, 5) is 0. The van der Waals surface area contributed by atoms with Crippen LogP contribution in [0.25, 0.3) is 0 Å². The summed E-state index contributed by atoms with van der Waals surface area (Å²) in [6.07, 6.45) is 1.76. The Morgan fingerprint density at radius 1 is 2.00 bits per heavy atom. The molecule has 42 valence electrons. The first-order chi connectivity index (χ1) is 3.31. The topological polar surface area (TPSA) is 9.23 Å². The molecule has 3 heteroatoms. The summed E-state index contributed by atoms with van der Waals surface area (Å²) in [5.41, 5.74) is 0. The molecule has 0 heterocycles. The van der Waals surface area contributed by atoms with Crippen molar-refractivity contribution in [3.63, 3.8) is 0 Å². The largest absolute Gasteiger partial charge is 0.315 e. The van der Waals surface area contributed by atoms with Crippen molar-refractivity contribution in [2.75, 3.05) is 12.9 Å². The zero-order valence-electron chi connectivity index (χ0n) is 4.22. The van der Waals surface area contributed by atoms with Crippen LogP contribution in [-0.2, 0) is 25.1 Å². The van der Waals surface area contributed by atoms with Gasteiger partial charge in [-0.25, -0.2) is 0 Å². The zero-order valence-corrected chi connectivity index (χ0v) is 5.85. The minimum absolute atomic E-state index is 0.312. The van der Waals surface area contributed by atoms with Gasteiger partial charge in [0.2, 0.25) is 0 Å². The molecule has 0 aromatic heterocycles. The van der Waals surface area contributed by atoms with E-state index < -0.39 is 0 Å². The molecule has 0 N–H and O–H groups in total. The summed E-state index contributed by atoms with van der Waals surface area (Å²) in [7, 11) is 1.30. The van der Waals surface area contributed by atoms with Gasteiger partial charge >= 0.3 is 0 Å². The van der Waals surface area contributed by atoms with Gasteiger partial charge in [0, 0.05) is 15.5 Å². The van der Waals surface area contributed by atoms with E-state index in [0.717, 1.165) is 5.75 Å². The fraction of sp³-hybridized carbons (Fsp3) is 0.500. The standard InChI is InChI=1S/C4H8OS2/c1-3-4-7(6)5-2/h3H,1,4H2,2H3. The molecular formula is C4H8OS2. The highest BCUT2D eigenvalue weighted by molar-refractivity contribution is 8.26. The van der Waals surface area contributed by atoms with Crippen molar-refractivity contribution in [2.24, 2.45) is 0 Å². The van der Waals surface area contributed by atoms with E-state index in [4.69, 9.17) is 15.4 Å². The molecule has 1 unspecified atom stereocenters. The quantitative estimate of drug-likeness (QED) is 0.531. The third-order valence-corrected chi connectivity index (χ3v) is 2.14. The molecule has 0 bridgehead atoms. The van der Waals surface area contributed by atoms with Crippen molar-refractivity contribution in [2.45, 2.75) is 0 Å². The van der Waals surface area contributed by atoms with Crippen molar-refractivity contribution < 1.29 is 4.18 Å². The van der Waals surface area contributed by atoms with Crippen molar-refractivity contribution in [3.05, 3.63) is 12.7 Å². The Hall–Kier alpha value is 0.270. The maximum Gasteiger partial charge on any atom is 0.0506 e. The molecule has 7 heavy (non-hydrogen) atoms. The predicted octanol–water partition coefficient (Wildman–Crippen LogP) is 0.814. The Morgan fingerprint density at radius 2 is 2.57 bits per heavy atom. The molecule has 0 aromatic rings. The van der Waals surface area contributed by atoms with Crippen LogP contribution in [0.4, 0.5) is 0 Å². The fourth-order valence-corrected chi connectivity index (χ4v) is 0.781. The lowest BCUT2D eigenvalue weighted by molar-refractivity contribution is 0.485. The molecule has 0 radical (unpaired) electrons. The SMILES string of the molecule is C=CCS(=S)OC. The van der Waals surface area contributed by atoms with Gasteiger partial charge in [0.05, 0.1) is 7.11 Å². The Bertz CT molecular complexity index is 79.8. The van der Waals surface area contributed by atoms with Gasteiger partial charge in [-0.1, -0.05) is 6.08 Å². The summed E-state index contributed by atoms with van der Waals surface area (Å²) in [6.45, 7) is 3.51. The Kier molecular flexibility index (Phi) is 4.60. The lowest BCUT2D eigenvalue weighted by atomic mass is 10.8. The maximum absolute atomic E-state index is 4.77. The second kappa shape index (κ2) is 4.43. The fourth-order valence-electron chi connectivity index (χ4n) is 0.164. The molecule has 0 saturated carbocycles. The minimum Gasteiger partial charge on any atom is -0.315 e. The molecule has 1 atom stereocenters. The Morgan fingerprint density at radius 3 is 2.71 bits per heavy atom. The molecule has 0 rings (SSSR count). The summed E-state index contributed by atoms with van der Waals surface area (Å²) >= 11 is 4.77. The number of rotatable bonds is 3. The Labute approximate surface area is 51.2 Å². The Balaban J connectivity index is 3.17. The van der Waals surface area contributed by atoms with Gasteiger partial charge in [0.25, 0.3) is 0 Å². The van der Waals surface area contributed by atoms with Gasteiger partial charge < -0.3 is 4.18 Å². The third-order valence-electron chi connectivity index (χ3n) is 0.440. The van der Waals surface area contributed by atoms with Crippen molar-refractivity contribution in [3.8, 4) is 0 Å².